The van der Waals surface area contributed by atoms with Gasteiger partial charge in [-0.25, -0.2) is 0 Å². The molecule has 0 unspecified atom stereocenters. The number of fused-ring (bicyclic) bond motifs is 4. The number of hydrogen-bond donors (Lipinski definition) is 0. The van der Waals surface area contributed by atoms with Gasteiger partial charge in [0, 0.05) is 23.5 Å². The van der Waals surface area contributed by atoms with E-state index in [1.54, 1.807) is 11.1 Å². The summed E-state index contributed by atoms with van der Waals surface area (Å²) >= 11 is 0. The third-order valence-electron chi connectivity index (χ3n) is 5.49. The van der Waals surface area contributed by atoms with Crippen molar-refractivity contribution in [3.8, 4) is 11.1 Å². The van der Waals surface area contributed by atoms with Crippen LogP contribution in [0.15, 0.2) is 66.7 Å². The van der Waals surface area contributed by atoms with Gasteiger partial charge in [0.15, 0.2) is 0 Å². The molecule has 0 fully saturated rings. The van der Waals surface area contributed by atoms with Crippen LogP contribution in [0.1, 0.15) is 29.5 Å². The van der Waals surface area contributed by atoms with Gasteiger partial charge >= 0.3 is 0 Å². The summed E-state index contributed by atoms with van der Waals surface area (Å²) in [6, 6.07) is 24.6. The quantitative estimate of drug-likeness (QED) is 0.542. The first-order chi connectivity index (χ1) is 11.9. The van der Waals surface area contributed by atoms with Crippen LogP contribution in [0, 0.1) is 0 Å². The summed E-state index contributed by atoms with van der Waals surface area (Å²) in [4.78, 5) is 2.53. The van der Waals surface area contributed by atoms with E-state index >= 15 is 0 Å². The van der Waals surface area contributed by atoms with Gasteiger partial charge < -0.3 is 4.90 Å². The van der Waals surface area contributed by atoms with Crippen LogP contribution >= 0.6 is 0 Å². The minimum Gasteiger partial charge on any atom is -0.336 e. The largest absolute Gasteiger partial charge is 0.336 e. The molecule has 118 valence electrons. The average Bonchev–Trinajstić information content (AvgIpc) is 2.67. The van der Waals surface area contributed by atoms with Crippen molar-refractivity contribution >= 4 is 11.4 Å². The first-order valence-corrected chi connectivity index (χ1v) is 8.97. The fraction of sp³-hybridized carbons (Fsp3) is 0.217. The van der Waals surface area contributed by atoms with Crippen LogP contribution in [0.2, 0.25) is 0 Å². The molecule has 0 radical (unpaired) electrons. The van der Waals surface area contributed by atoms with Crippen LogP contribution < -0.4 is 4.90 Å². The maximum Gasteiger partial charge on any atom is 0.0493 e. The molecule has 1 aliphatic heterocycles. The van der Waals surface area contributed by atoms with Gasteiger partial charge in [0.1, 0.15) is 0 Å². The van der Waals surface area contributed by atoms with Gasteiger partial charge in [-0.15, -0.1) is 0 Å². The Balaban J connectivity index is 1.71. The van der Waals surface area contributed by atoms with Crippen LogP contribution in [0.25, 0.3) is 11.1 Å². The van der Waals surface area contributed by atoms with Crippen molar-refractivity contribution in [3.05, 3.63) is 83.4 Å². The molecular formula is C23H21N. The third-order valence-corrected chi connectivity index (χ3v) is 5.49. The molecule has 0 spiro atoms. The lowest BCUT2D eigenvalue weighted by molar-refractivity contribution is 0.683. The summed E-state index contributed by atoms with van der Waals surface area (Å²) in [6.45, 7) is 0.962. The van der Waals surface area contributed by atoms with E-state index in [0.717, 1.165) is 6.54 Å². The van der Waals surface area contributed by atoms with Crippen LogP contribution in [-0.4, -0.2) is 0 Å². The highest BCUT2D eigenvalue weighted by Gasteiger charge is 2.25. The van der Waals surface area contributed by atoms with E-state index in [2.05, 4.69) is 71.6 Å². The highest BCUT2D eigenvalue weighted by Crippen LogP contribution is 2.44. The van der Waals surface area contributed by atoms with Gasteiger partial charge in [0.2, 0.25) is 0 Å². The predicted octanol–water partition coefficient (Wildman–Crippen LogP) is 5.88. The lowest BCUT2D eigenvalue weighted by Crippen LogP contribution is -2.23. The van der Waals surface area contributed by atoms with Crippen LogP contribution in [-0.2, 0) is 19.4 Å². The molecule has 2 aliphatic rings. The Morgan fingerprint density at radius 3 is 2.25 bits per heavy atom. The van der Waals surface area contributed by atoms with Crippen LogP contribution in [0.5, 0.6) is 0 Å². The van der Waals surface area contributed by atoms with E-state index in [9.17, 15) is 0 Å². The van der Waals surface area contributed by atoms with Crippen molar-refractivity contribution in [1.82, 2.24) is 0 Å². The highest BCUT2D eigenvalue weighted by atomic mass is 15.1. The summed E-state index contributed by atoms with van der Waals surface area (Å²) in [7, 11) is 0. The summed E-state index contributed by atoms with van der Waals surface area (Å²) in [5.41, 5.74) is 10.0. The summed E-state index contributed by atoms with van der Waals surface area (Å²) in [5.74, 6) is 0. The van der Waals surface area contributed by atoms with E-state index in [1.807, 2.05) is 0 Å². The zero-order chi connectivity index (χ0) is 15.9. The lowest BCUT2D eigenvalue weighted by atomic mass is 9.88. The molecule has 0 aromatic heterocycles. The maximum atomic E-state index is 2.53. The van der Waals surface area contributed by atoms with Gasteiger partial charge in [-0.3, -0.25) is 0 Å². The van der Waals surface area contributed by atoms with Crippen molar-refractivity contribution in [2.75, 3.05) is 4.90 Å². The molecule has 0 amide bonds. The molecule has 3 aromatic carbocycles. The number of benzene rings is 3. The van der Waals surface area contributed by atoms with Gasteiger partial charge in [-0.05, 0) is 60.1 Å². The molecule has 0 N–H and O–H groups in total. The highest BCUT2D eigenvalue weighted by molar-refractivity contribution is 5.87. The minimum absolute atomic E-state index is 0.962. The second-order valence-corrected chi connectivity index (χ2v) is 6.88. The Bertz CT molecular complexity index is 909. The molecule has 1 heteroatoms. The lowest BCUT2D eigenvalue weighted by Gasteiger charge is -2.35. The second kappa shape index (κ2) is 5.52. The maximum absolute atomic E-state index is 2.53. The SMILES string of the molecule is c1ccc2c(c1)CN(c1cccc3c1CCCC3)c1ccccc1-2. The zero-order valence-electron chi connectivity index (χ0n) is 13.8. The van der Waals surface area contributed by atoms with Crippen LogP contribution in [0.3, 0.4) is 0 Å². The Kier molecular flexibility index (Phi) is 3.19. The monoisotopic (exact) mass is 311 g/mol. The molecule has 1 nitrogen and oxygen atoms in total. The number of aryl methyl sites for hydroxylation is 1. The molecule has 3 aromatic rings. The Morgan fingerprint density at radius 2 is 1.29 bits per heavy atom. The second-order valence-electron chi connectivity index (χ2n) is 6.88. The van der Waals surface area contributed by atoms with Gasteiger partial charge in [0.05, 0.1) is 0 Å². The molecule has 0 saturated carbocycles. The molecule has 24 heavy (non-hydrogen) atoms. The number of para-hydroxylation sites is 1. The molecular weight excluding hydrogens is 290 g/mol. The molecule has 1 heterocycles. The first-order valence-electron chi connectivity index (χ1n) is 8.97. The molecule has 0 atom stereocenters. The molecule has 0 saturated heterocycles. The summed E-state index contributed by atoms with van der Waals surface area (Å²) in [5, 5.41) is 0. The number of anilines is 2. The summed E-state index contributed by atoms with van der Waals surface area (Å²) < 4.78 is 0. The Labute approximate surface area is 143 Å². The number of hydrogen-bond acceptors (Lipinski definition) is 1. The average molecular weight is 311 g/mol. The Morgan fingerprint density at radius 1 is 0.583 bits per heavy atom. The summed E-state index contributed by atoms with van der Waals surface area (Å²) in [6.07, 6.45) is 5.09. The fourth-order valence-corrected chi connectivity index (χ4v) is 4.34. The van der Waals surface area contributed by atoms with E-state index < -0.39 is 0 Å². The smallest absolute Gasteiger partial charge is 0.0493 e. The van der Waals surface area contributed by atoms with Gasteiger partial charge in [-0.2, -0.15) is 0 Å². The van der Waals surface area contributed by atoms with Crippen molar-refractivity contribution in [3.63, 3.8) is 0 Å². The van der Waals surface area contributed by atoms with Crippen molar-refractivity contribution in [2.45, 2.75) is 32.2 Å². The normalized spacial score (nSPS) is 15.4. The zero-order valence-corrected chi connectivity index (χ0v) is 13.8. The first kappa shape index (κ1) is 13.9. The van der Waals surface area contributed by atoms with E-state index in [1.165, 1.54) is 53.7 Å². The topological polar surface area (TPSA) is 3.24 Å². The van der Waals surface area contributed by atoms with Crippen LogP contribution in [0.4, 0.5) is 11.4 Å². The Hall–Kier alpha value is -2.54. The van der Waals surface area contributed by atoms with E-state index in [4.69, 9.17) is 0 Å². The van der Waals surface area contributed by atoms with Gasteiger partial charge in [0.25, 0.3) is 0 Å². The van der Waals surface area contributed by atoms with Crippen molar-refractivity contribution in [2.24, 2.45) is 0 Å². The fourth-order valence-electron chi connectivity index (χ4n) is 4.34. The van der Waals surface area contributed by atoms with E-state index in [-0.39, 0.29) is 0 Å². The van der Waals surface area contributed by atoms with E-state index in [0.29, 0.717) is 0 Å². The predicted molar refractivity (Wildman–Crippen MR) is 101 cm³/mol. The van der Waals surface area contributed by atoms with Gasteiger partial charge in [-0.1, -0.05) is 54.6 Å². The standard InChI is InChI=1S/C23H21N/c1-4-12-20-17(8-1)10-7-15-22(20)24-16-18-9-2-3-11-19(18)21-13-5-6-14-23(21)24/h2-3,5-7,9-11,13-15H,1,4,8,12,16H2. The molecule has 0 bridgehead atoms. The number of rotatable bonds is 1. The molecule has 5 rings (SSSR count). The van der Waals surface area contributed by atoms with Crippen molar-refractivity contribution < 1.29 is 0 Å². The number of nitrogens with zero attached hydrogens (tertiary/aromatic N) is 1. The molecule has 1 aliphatic carbocycles. The third kappa shape index (κ3) is 2.08. The minimum atomic E-state index is 0.962. The van der Waals surface area contributed by atoms with Crippen molar-refractivity contribution in [1.29, 1.82) is 0 Å².